The lowest BCUT2D eigenvalue weighted by Crippen LogP contribution is -2.13. The number of carbonyl (C=O) groups is 1. The molecule has 0 saturated carbocycles. The minimum absolute atomic E-state index is 0.154. The van der Waals surface area contributed by atoms with Gasteiger partial charge in [-0.25, -0.2) is 0 Å². The molecule has 20 heavy (non-hydrogen) atoms. The minimum atomic E-state index is -0.154. The topological polar surface area (TPSA) is 54.4 Å². The van der Waals surface area contributed by atoms with Crippen LogP contribution in [-0.4, -0.2) is 30.3 Å². The van der Waals surface area contributed by atoms with E-state index in [1.807, 2.05) is 6.07 Å². The summed E-state index contributed by atoms with van der Waals surface area (Å²) in [5.41, 5.74) is 4.78. The number of nitrogens with one attached hydrogen (secondary N) is 1. The molecular formula is C16H18N2O2. The van der Waals surface area contributed by atoms with Crippen LogP contribution in [0.5, 0.6) is 0 Å². The normalized spacial score (nSPS) is 13.9. The summed E-state index contributed by atoms with van der Waals surface area (Å²) in [6, 6.07) is 8.36. The quantitative estimate of drug-likeness (QED) is 0.868. The Labute approximate surface area is 117 Å². The first-order chi connectivity index (χ1) is 9.79. The fourth-order valence-electron chi connectivity index (χ4n) is 2.79. The van der Waals surface area contributed by atoms with Gasteiger partial charge in [-0.1, -0.05) is 18.2 Å². The number of para-hydroxylation sites is 1. The molecule has 1 N–H and O–H groups in total. The van der Waals surface area contributed by atoms with Crippen molar-refractivity contribution in [2.45, 2.75) is 25.7 Å². The number of benzene rings is 1. The average molecular weight is 270 g/mol. The van der Waals surface area contributed by atoms with E-state index in [1.165, 1.54) is 23.6 Å². The smallest absolute Gasteiger partial charge is 0.305 e. The Morgan fingerprint density at radius 1 is 1.40 bits per heavy atom. The van der Waals surface area contributed by atoms with Crippen LogP contribution in [0, 0.1) is 0 Å². The molecule has 0 amide bonds. The lowest BCUT2D eigenvalue weighted by atomic mass is 9.99. The van der Waals surface area contributed by atoms with Gasteiger partial charge in [0.25, 0.3) is 0 Å². The predicted octanol–water partition coefficient (Wildman–Crippen LogP) is 2.86. The summed E-state index contributed by atoms with van der Waals surface area (Å²) in [5, 5.41) is 1.29. The molecule has 2 aromatic rings. The third kappa shape index (κ3) is 2.33. The number of aromatic amines is 1. The largest absolute Gasteiger partial charge is 0.469 e. The molecule has 1 aliphatic heterocycles. The van der Waals surface area contributed by atoms with Crippen LogP contribution < -0.4 is 0 Å². The Balaban J connectivity index is 1.81. The van der Waals surface area contributed by atoms with E-state index >= 15 is 0 Å². The maximum atomic E-state index is 11.2. The highest BCUT2D eigenvalue weighted by atomic mass is 16.5. The molecule has 4 nitrogen and oxygen atoms in total. The number of nitrogens with zero attached hydrogens (tertiary/aromatic N) is 1. The standard InChI is InChI=1S/C16H18N2O2/c1-20-15(19)8-4-7-14-16-12(9-10-17-14)11-5-2-3-6-13(11)18-16/h2-3,5-6,18H,4,7-10H2,1H3. The third-order valence-corrected chi connectivity index (χ3v) is 3.79. The van der Waals surface area contributed by atoms with Crippen LogP contribution in [-0.2, 0) is 16.0 Å². The Kier molecular flexibility index (Phi) is 3.54. The second kappa shape index (κ2) is 5.49. The summed E-state index contributed by atoms with van der Waals surface area (Å²) >= 11 is 0. The van der Waals surface area contributed by atoms with E-state index in [9.17, 15) is 4.79 Å². The van der Waals surface area contributed by atoms with Crippen molar-refractivity contribution in [3.8, 4) is 0 Å². The van der Waals surface area contributed by atoms with E-state index in [0.717, 1.165) is 37.2 Å². The summed E-state index contributed by atoms with van der Waals surface area (Å²) in [6.45, 7) is 0.836. The molecule has 0 fully saturated rings. The highest BCUT2D eigenvalue weighted by Gasteiger charge is 2.19. The van der Waals surface area contributed by atoms with E-state index in [0.29, 0.717) is 6.42 Å². The zero-order valence-corrected chi connectivity index (χ0v) is 11.6. The maximum Gasteiger partial charge on any atom is 0.305 e. The highest BCUT2D eigenvalue weighted by molar-refractivity contribution is 6.06. The molecule has 0 radical (unpaired) electrons. The van der Waals surface area contributed by atoms with Crippen molar-refractivity contribution in [2.24, 2.45) is 4.99 Å². The van der Waals surface area contributed by atoms with Gasteiger partial charge >= 0.3 is 5.97 Å². The first-order valence-corrected chi connectivity index (χ1v) is 6.99. The Morgan fingerprint density at radius 2 is 2.25 bits per heavy atom. The number of ether oxygens (including phenoxy) is 1. The minimum Gasteiger partial charge on any atom is -0.469 e. The monoisotopic (exact) mass is 270 g/mol. The van der Waals surface area contributed by atoms with Crippen LogP contribution in [0.15, 0.2) is 29.3 Å². The molecule has 0 saturated heterocycles. The summed E-state index contributed by atoms with van der Waals surface area (Å²) in [7, 11) is 1.43. The zero-order valence-electron chi connectivity index (χ0n) is 11.6. The number of rotatable bonds is 4. The summed E-state index contributed by atoms with van der Waals surface area (Å²) in [6.07, 6.45) is 3.03. The van der Waals surface area contributed by atoms with Gasteiger partial charge in [0.2, 0.25) is 0 Å². The summed E-state index contributed by atoms with van der Waals surface area (Å²) in [5.74, 6) is -0.154. The van der Waals surface area contributed by atoms with Crippen LogP contribution in [0.2, 0.25) is 0 Å². The van der Waals surface area contributed by atoms with Gasteiger partial charge in [-0.15, -0.1) is 0 Å². The van der Waals surface area contributed by atoms with Crippen LogP contribution in [0.1, 0.15) is 30.5 Å². The van der Waals surface area contributed by atoms with Crippen LogP contribution in [0.4, 0.5) is 0 Å². The average Bonchev–Trinajstić information content (AvgIpc) is 2.86. The molecule has 2 heterocycles. The van der Waals surface area contributed by atoms with Gasteiger partial charge in [-0.3, -0.25) is 9.79 Å². The van der Waals surface area contributed by atoms with E-state index in [-0.39, 0.29) is 5.97 Å². The first-order valence-electron chi connectivity index (χ1n) is 6.99. The van der Waals surface area contributed by atoms with Gasteiger partial charge in [-0.05, 0) is 30.9 Å². The van der Waals surface area contributed by atoms with Crippen LogP contribution >= 0.6 is 0 Å². The molecule has 0 bridgehead atoms. The van der Waals surface area contributed by atoms with E-state index < -0.39 is 0 Å². The van der Waals surface area contributed by atoms with Crippen molar-refractivity contribution < 1.29 is 9.53 Å². The predicted molar refractivity (Wildman–Crippen MR) is 79.3 cm³/mol. The number of carbonyl (C=O) groups excluding carboxylic acids is 1. The molecule has 1 aliphatic rings. The van der Waals surface area contributed by atoms with Crippen molar-refractivity contribution >= 4 is 22.6 Å². The highest BCUT2D eigenvalue weighted by Crippen LogP contribution is 2.27. The lowest BCUT2D eigenvalue weighted by Gasteiger charge is -2.13. The number of aliphatic imine (C=N–C) groups is 1. The number of fused-ring (bicyclic) bond motifs is 3. The molecule has 1 aromatic carbocycles. The van der Waals surface area contributed by atoms with Gasteiger partial charge in [-0.2, -0.15) is 0 Å². The third-order valence-electron chi connectivity index (χ3n) is 3.79. The Hall–Kier alpha value is -2.10. The number of methoxy groups -OCH3 is 1. The molecule has 0 atom stereocenters. The fourth-order valence-corrected chi connectivity index (χ4v) is 2.79. The second-order valence-corrected chi connectivity index (χ2v) is 5.03. The molecule has 0 unspecified atom stereocenters. The maximum absolute atomic E-state index is 11.2. The van der Waals surface area contributed by atoms with E-state index in [2.05, 4.69) is 32.9 Å². The van der Waals surface area contributed by atoms with Crippen molar-refractivity contribution in [1.82, 2.24) is 4.98 Å². The van der Waals surface area contributed by atoms with Gasteiger partial charge in [0.05, 0.1) is 18.5 Å². The first kappa shape index (κ1) is 12.9. The number of H-pyrrole nitrogens is 1. The Bertz CT molecular complexity index is 670. The number of hydrogen-bond acceptors (Lipinski definition) is 3. The second-order valence-electron chi connectivity index (χ2n) is 5.03. The summed E-state index contributed by atoms with van der Waals surface area (Å²) < 4.78 is 4.67. The van der Waals surface area contributed by atoms with Crippen LogP contribution in [0.3, 0.4) is 0 Å². The molecule has 3 rings (SSSR count). The SMILES string of the molecule is COC(=O)CCCC1=NCCc2c1[nH]c1ccccc21. The van der Waals surface area contributed by atoms with Crippen molar-refractivity contribution in [2.75, 3.05) is 13.7 Å². The fraction of sp³-hybridized carbons (Fsp3) is 0.375. The molecule has 104 valence electrons. The number of hydrogen-bond donors (Lipinski definition) is 1. The van der Waals surface area contributed by atoms with Gasteiger partial charge < -0.3 is 9.72 Å². The Morgan fingerprint density at radius 3 is 3.10 bits per heavy atom. The summed E-state index contributed by atoms with van der Waals surface area (Å²) in [4.78, 5) is 19.3. The lowest BCUT2D eigenvalue weighted by molar-refractivity contribution is -0.140. The number of aromatic nitrogens is 1. The van der Waals surface area contributed by atoms with Crippen molar-refractivity contribution in [1.29, 1.82) is 0 Å². The van der Waals surface area contributed by atoms with Crippen molar-refractivity contribution in [3.05, 3.63) is 35.5 Å². The molecule has 4 heteroatoms. The van der Waals surface area contributed by atoms with E-state index in [4.69, 9.17) is 0 Å². The molecule has 1 aromatic heterocycles. The van der Waals surface area contributed by atoms with Gasteiger partial charge in [0.15, 0.2) is 0 Å². The van der Waals surface area contributed by atoms with Gasteiger partial charge in [0, 0.05) is 23.9 Å². The molecule has 0 aliphatic carbocycles. The molecule has 0 spiro atoms. The van der Waals surface area contributed by atoms with E-state index in [1.54, 1.807) is 0 Å². The number of esters is 1. The van der Waals surface area contributed by atoms with Crippen molar-refractivity contribution in [3.63, 3.8) is 0 Å². The zero-order chi connectivity index (χ0) is 13.9. The molecular weight excluding hydrogens is 252 g/mol. The van der Waals surface area contributed by atoms with Gasteiger partial charge in [0.1, 0.15) is 0 Å². The van der Waals surface area contributed by atoms with Crippen LogP contribution in [0.25, 0.3) is 10.9 Å².